The Kier molecular flexibility index (Phi) is 5.67. The van der Waals surface area contributed by atoms with Crippen LogP contribution in [0.3, 0.4) is 0 Å². The number of imide groups is 1. The minimum atomic E-state index is -0.851. The number of piperazine rings is 1. The molecule has 2 saturated heterocycles. The molecule has 0 bridgehead atoms. The maximum Gasteiger partial charge on any atom is 0.262 e. The summed E-state index contributed by atoms with van der Waals surface area (Å²) in [7, 11) is 0. The van der Waals surface area contributed by atoms with E-state index in [9.17, 15) is 14.4 Å². The van der Waals surface area contributed by atoms with E-state index < -0.39 is 17.9 Å². The van der Waals surface area contributed by atoms with E-state index in [2.05, 4.69) is 14.8 Å². The van der Waals surface area contributed by atoms with Crippen molar-refractivity contribution in [3.63, 3.8) is 0 Å². The summed E-state index contributed by atoms with van der Waals surface area (Å²) in [6.07, 6.45) is 1.76. The molecule has 2 fully saturated rings. The van der Waals surface area contributed by atoms with Gasteiger partial charge in [-0.25, -0.2) is 4.98 Å². The number of aromatic nitrogens is 2. The van der Waals surface area contributed by atoms with Gasteiger partial charge < -0.3 is 19.4 Å². The van der Waals surface area contributed by atoms with Crippen molar-refractivity contribution in [1.82, 2.24) is 19.8 Å². The van der Waals surface area contributed by atoms with E-state index in [-0.39, 0.29) is 5.91 Å². The van der Waals surface area contributed by atoms with E-state index in [1.54, 1.807) is 42.3 Å². The monoisotopic (exact) mass is 450 g/mol. The third-order valence-corrected chi connectivity index (χ3v) is 6.41. The van der Waals surface area contributed by atoms with Gasteiger partial charge in [-0.15, -0.1) is 0 Å². The van der Waals surface area contributed by atoms with Crippen LogP contribution in [0.15, 0.2) is 36.5 Å². The molecule has 3 amide bonds. The number of fused-ring (bicyclic) bond motifs is 1. The van der Waals surface area contributed by atoms with Crippen molar-refractivity contribution in [2.24, 2.45) is 0 Å². The summed E-state index contributed by atoms with van der Waals surface area (Å²) in [5.41, 5.74) is 0.707. The second-order valence-electron chi connectivity index (χ2n) is 8.33. The summed E-state index contributed by atoms with van der Waals surface area (Å²) in [6.45, 7) is 6.68. The molecule has 4 heterocycles. The van der Waals surface area contributed by atoms with Gasteiger partial charge in [0, 0.05) is 45.5 Å². The van der Waals surface area contributed by atoms with Crippen LogP contribution in [0.1, 0.15) is 27.6 Å². The van der Waals surface area contributed by atoms with Crippen LogP contribution in [0.2, 0.25) is 0 Å². The molecule has 5 rings (SSSR count). The fourth-order valence-corrected chi connectivity index (χ4v) is 4.52. The summed E-state index contributed by atoms with van der Waals surface area (Å²) in [5.74, 6) is 0.472. The first-order valence-electron chi connectivity index (χ1n) is 11.2. The number of rotatable bonds is 4. The quantitative estimate of drug-likeness (QED) is 0.626. The minimum absolute atomic E-state index is 0.221. The van der Waals surface area contributed by atoms with Gasteiger partial charge in [0.2, 0.25) is 11.9 Å². The van der Waals surface area contributed by atoms with Gasteiger partial charge in [-0.2, -0.15) is 4.98 Å². The summed E-state index contributed by atoms with van der Waals surface area (Å²) in [6, 6.07) is 7.71. The highest BCUT2D eigenvalue weighted by Crippen LogP contribution is 2.25. The summed E-state index contributed by atoms with van der Waals surface area (Å²) in [4.78, 5) is 54.8. The van der Waals surface area contributed by atoms with Crippen LogP contribution >= 0.6 is 0 Å². The van der Waals surface area contributed by atoms with E-state index >= 15 is 0 Å². The van der Waals surface area contributed by atoms with Crippen molar-refractivity contribution in [2.45, 2.75) is 13.0 Å². The molecule has 3 aliphatic rings. The zero-order valence-corrected chi connectivity index (χ0v) is 18.5. The summed E-state index contributed by atoms with van der Waals surface area (Å²) in [5, 5.41) is 0. The average molecular weight is 450 g/mol. The molecule has 1 unspecified atom stereocenters. The van der Waals surface area contributed by atoms with Crippen molar-refractivity contribution in [3.8, 4) is 0 Å². The third kappa shape index (κ3) is 3.91. The Morgan fingerprint density at radius 1 is 0.909 bits per heavy atom. The van der Waals surface area contributed by atoms with Gasteiger partial charge in [0.25, 0.3) is 11.8 Å². The van der Waals surface area contributed by atoms with Crippen molar-refractivity contribution >= 4 is 29.5 Å². The van der Waals surface area contributed by atoms with E-state index in [0.29, 0.717) is 56.5 Å². The molecule has 1 aromatic heterocycles. The lowest BCUT2D eigenvalue weighted by atomic mass is 10.1. The highest BCUT2D eigenvalue weighted by molar-refractivity contribution is 6.22. The van der Waals surface area contributed by atoms with Crippen LogP contribution in [0.4, 0.5) is 11.8 Å². The molecule has 0 spiro atoms. The molecule has 172 valence electrons. The molecule has 0 N–H and O–H groups in total. The van der Waals surface area contributed by atoms with Crippen molar-refractivity contribution in [3.05, 3.63) is 47.7 Å². The summed E-state index contributed by atoms with van der Waals surface area (Å²) >= 11 is 0. The lowest BCUT2D eigenvalue weighted by molar-refractivity contribution is -0.135. The Morgan fingerprint density at radius 2 is 1.55 bits per heavy atom. The molecule has 1 atom stereocenters. The summed E-state index contributed by atoms with van der Waals surface area (Å²) < 4.78 is 5.40. The van der Waals surface area contributed by atoms with Gasteiger partial charge >= 0.3 is 0 Å². The maximum absolute atomic E-state index is 13.1. The number of nitrogens with zero attached hydrogens (tertiary/aromatic N) is 6. The number of hydrogen-bond acceptors (Lipinski definition) is 8. The lowest BCUT2D eigenvalue weighted by Gasteiger charge is -2.37. The van der Waals surface area contributed by atoms with Gasteiger partial charge in [-0.05, 0) is 25.1 Å². The minimum Gasteiger partial charge on any atom is -0.378 e. The lowest BCUT2D eigenvalue weighted by Crippen LogP contribution is -2.55. The van der Waals surface area contributed by atoms with Crippen LogP contribution in [0.25, 0.3) is 0 Å². The number of amides is 3. The predicted molar refractivity (Wildman–Crippen MR) is 120 cm³/mol. The maximum atomic E-state index is 13.1. The number of carbonyl (C=O) groups excluding carboxylic acids is 3. The Hall–Kier alpha value is -3.53. The highest BCUT2D eigenvalue weighted by Gasteiger charge is 2.42. The van der Waals surface area contributed by atoms with Crippen LogP contribution in [0, 0.1) is 0 Å². The van der Waals surface area contributed by atoms with Crippen molar-refractivity contribution < 1.29 is 19.1 Å². The number of hydrogen-bond donors (Lipinski definition) is 0. The van der Waals surface area contributed by atoms with Crippen molar-refractivity contribution in [1.29, 1.82) is 0 Å². The molecule has 0 radical (unpaired) electrons. The molecule has 0 saturated carbocycles. The molecule has 3 aliphatic heterocycles. The fraction of sp³-hybridized carbons (Fsp3) is 0.435. The standard InChI is InChI=1S/C23H26N6O4/c1-16(29-21(31)17-4-2-3-5-18(17)22(29)32)20(30)27-10-8-26(9-11-27)19-6-7-24-23(25-19)28-12-14-33-15-13-28/h2-7,16H,8-15H2,1H3. The second-order valence-corrected chi connectivity index (χ2v) is 8.33. The second kappa shape index (κ2) is 8.78. The van der Waals surface area contributed by atoms with E-state index in [4.69, 9.17) is 9.72 Å². The largest absolute Gasteiger partial charge is 0.378 e. The number of ether oxygens (including phenoxy) is 1. The Morgan fingerprint density at radius 3 is 2.18 bits per heavy atom. The van der Waals surface area contributed by atoms with Gasteiger partial charge in [0.05, 0.1) is 24.3 Å². The molecule has 33 heavy (non-hydrogen) atoms. The highest BCUT2D eigenvalue weighted by atomic mass is 16.5. The van der Waals surface area contributed by atoms with Gasteiger partial charge in [0.1, 0.15) is 11.9 Å². The van der Waals surface area contributed by atoms with Crippen LogP contribution in [-0.2, 0) is 9.53 Å². The first kappa shape index (κ1) is 21.3. The molecule has 0 aliphatic carbocycles. The first-order chi connectivity index (χ1) is 16.0. The number of morpholine rings is 1. The SMILES string of the molecule is CC(C(=O)N1CCN(c2ccnc(N3CCOCC3)n2)CC1)N1C(=O)c2ccccc2C1=O. The van der Waals surface area contributed by atoms with E-state index in [0.717, 1.165) is 23.8 Å². The van der Waals surface area contributed by atoms with Crippen LogP contribution in [0.5, 0.6) is 0 Å². The Balaban J connectivity index is 1.22. The Labute approximate surface area is 191 Å². The van der Waals surface area contributed by atoms with Gasteiger partial charge in [-0.3, -0.25) is 19.3 Å². The number of anilines is 2. The first-order valence-corrected chi connectivity index (χ1v) is 11.2. The molecule has 1 aromatic carbocycles. The molecule has 2 aromatic rings. The zero-order valence-electron chi connectivity index (χ0n) is 18.5. The Bertz CT molecular complexity index is 1040. The van der Waals surface area contributed by atoms with Crippen LogP contribution < -0.4 is 9.80 Å². The topological polar surface area (TPSA) is 99.2 Å². The third-order valence-electron chi connectivity index (χ3n) is 6.41. The predicted octanol–water partition coefficient (Wildman–Crippen LogP) is 0.647. The van der Waals surface area contributed by atoms with E-state index in [1.807, 2.05) is 6.07 Å². The average Bonchev–Trinajstić information content (AvgIpc) is 3.14. The van der Waals surface area contributed by atoms with Crippen molar-refractivity contribution in [2.75, 3.05) is 62.3 Å². The van der Waals surface area contributed by atoms with Gasteiger partial charge in [0.15, 0.2) is 0 Å². The molecular formula is C23H26N6O4. The smallest absolute Gasteiger partial charge is 0.262 e. The fourth-order valence-electron chi connectivity index (χ4n) is 4.52. The molecule has 10 nitrogen and oxygen atoms in total. The van der Waals surface area contributed by atoms with Crippen LogP contribution in [-0.4, -0.2) is 96.0 Å². The molecule has 10 heteroatoms. The van der Waals surface area contributed by atoms with E-state index in [1.165, 1.54) is 0 Å². The number of carbonyl (C=O) groups is 3. The zero-order chi connectivity index (χ0) is 22.9. The number of benzene rings is 1. The normalized spacial score (nSPS) is 19.7. The molecular weight excluding hydrogens is 424 g/mol. The van der Waals surface area contributed by atoms with Gasteiger partial charge in [-0.1, -0.05) is 12.1 Å².